The number of methoxy groups -OCH3 is 1. The lowest BCUT2D eigenvalue weighted by atomic mass is 10.1. The minimum Gasteiger partial charge on any atom is -0.486 e. The summed E-state index contributed by atoms with van der Waals surface area (Å²) in [6, 6.07) is 20.7. The lowest BCUT2D eigenvalue weighted by Gasteiger charge is -2.10. The normalized spacial score (nSPS) is 10.7. The van der Waals surface area contributed by atoms with Gasteiger partial charge in [-0.3, -0.25) is 4.79 Å². The summed E-state index contributed by atoms with van der Waals surface area (Å²) in [5, 5.41) is 5.00. The van der Waals surface area contributed by atoms with Crippen LogP contribution in [0.1, 0.15) is 16.3 Å². The first-order valence-corrected chi connectivity index (χ1v) is 9.81. The highest BCUT2D eigenvalue weighted by molar-refractivity contribution is 6.02. The molecule has 2 heterocycles. The van der Waals surface area contributed by atoms with Gasteiger partial charge in [0.1, 0.15) is 30.4 Å². The van der Waals surface area contributed by atoms with Crippen molar-refractivity contribution >= 4 is 22.4 Å². The number of hydrogen-bond donors (Lipinski definition) is 1. The van der Waals surface area contributed by atoms with Crippen LogP contribution >= 0.6 is 0 Å². The minimum absolute atomic E-state index is 0.170. The van der Waals surface area contributed by atoms with Crippen molar-refractivity contribution in [2.45, 2.75) is 6.61 Å². The number of carbonyl (C=O) groups is 1. The van der Waals surface area contributed by atoms with E-state index in [0.717, 1.165) is 16.5 Å². The number of hydrogen-bond acceptors (Lipinski definition) is 6. The number of nitrogens with zero attached hydrogens (tertiary/aromatic N) is 1. The lowest BCUT2D eigenvalue weighted by molar-refractivity contribution is 0.0991. The number of pyridine rings is 1. The number of ether oxygens (including phenoxy) is 3. The van der Waals surface area contributed by atoms with E-state index in [1.807, 2.05) is 42.5 Å². The average molecular weight is 418 g/mol. The van der Waals surface area contributed by atoms with Gasteiger partial charge < -0.3 is 23.9 Å². The van der Waals surface area contributed by atoms with Crippen LogP contribution < -0.4 is 14.8 Å². The molecule has 2 aromatic carbocycles. The second-order valence-electron chi connectivity index (χ2n) is 6.72. The maximum Gasteiger partial charge on any atom is 0.291 e. The number of anilines is 1. The number of rotatable bonds is 9. The Morgan fingerprint density at radius 1 is 0.968 bits per heavy atom. The minimum atomic E-state index is -0.401. The quantitative estimate of drug-likeness (QED) is 0.397. The molecule has 0 spiro atoms. The molecule has 31 heavy (non-hydrogen) atoms. The van der Waals surface area contributed by atoms with Gasteiger partial charge in [0.05, 0.1) is 6.61 Å². The number of aromatic nitrogens is 1. The molecule has 1 amide bonds. The van der Waals surface area contributed by atoms with Gasteiger partial charge in [0.2, 0.25) is 5.88 Å². The smallest absolute Gasteiger partial charge is 0.291 e. The van der Waals surface area contributed by atoms with Crippen molar-refractivity contribution in [2.75, 3.05) is 25.6 Å². The van der Waals surface area contributed by atoms with E-state index in [4.69, 9.17) is 18.6 Å². The fourth-order valence-electron chi connectivity index (χ4n) is 3.00. The Morgan fingerprint density at radius 2 is 1.84 bits per heavy atom. The highest BCUT2D eigenvalue weighted by atomic mass is 16.5. The summed E-state index contributed by atoms with van der Waals surface area (Å²) in [7, 11) is 1.59. The van der Waals surface area contributed by atoms with Crippen LogP contribution in [0.15, 0.2) is 77.3 Å². The highest BCUT2D eigenvalue weighted by Gasteiger charge is 2.15. The largest absolute Gasteiger partial charge is 0.486 e. The van der Waals surface area contributed by atoms with Crippen LogP contribution in [0.25, 0.3) is 10.8 Å². The third-order valence-electron chi connectivity index (χ3n) is 4.53. The van der Waals surface area contributed by atoms with E-state index >= 15 is 0 Å². The molecule has 4 rings (SSSR count). The molecular formula is C24H22N2O5. The van der Waals surface area contributed by atoms with E-state index in [2.05, 4.69) is 10.3 Å². The SMILES string of the molecule is COCCOc1ncccc1NC(=O)c1ccc(COc2ccc3ccccc3c2)o1. The number of amides is 1. The maximum atomic E-state index is 12.6. The molecule has 0 atom stereocenters. The van der Waals surface area contributed by atoms with E-state index in [1.165, 1.54) is 0 Å². The molecule has 2 aromatic heterocycles. The molecule has 158 valence electrons. The van der Waals surface area contributed by atoms with Gasteiger partial charge in [-0.05, 0) is 47.2 Å². The molecule has 0 aliphatic heterocycles. The van der Waals surface area contributed by atoms with Gasteiger partial charge in [0.25, 0.3) is 5.91 Å². The van der Waals surface area contributed by atoms with Crippen molar-refractivity contribution in [1.82, 2.24) is 4.98 Å². The predicted molar refractivity (Wildman–Crippen MR) is 117 cm³/mol. The summed E-state index contributed by atoms with van der Waals surface area (Å²) in [5.41, 5.74) is 0.453. The predicted octanol–water partition coefficient (Wildman–Crippen LogP) is 4.68. The fourth-order valence-corrected chi connectivity index (χ4v) is 3.00. The fraction of sp³-hybridized carbons (Fsp3) is 0.167. The number of fused-ring (bicyclic) bond motifs is 1. The van der Waals surface area contributed by atoms with Crippen LogP contribution in [-0.4, -0.2) is 31.2 Å². The van der Waals surface area contributed by atoms with E-state index < -0.39 is 5.91 Å². The summed E-state index contributed by atoms with van der Waals surface area (Å²) >= 11 is 0. The van der Waals surface area contributed by atoms with E-state index in [-0.39, 0.29) is 12.4 Å². The van der Waals surface area contributed by atoms with E-state index in [1.54, 1.807) is 37.6 Å². The molecule has 0 unspecified atom stereocenters. The van der Waals surface area contributed by atoms with Crippen molar-refractivity contribution in [3.8, 4) is 11.6 Å². The topological polar surface area (TPSA) is 82.8 Å². The molecule has 0 saturated carbocycles. The average Bonchev–Trinajstić information content (AvgIpc) is 3.28. The molecule has 0 aliphatic carbocycles. The van der Waals surface area contributed by atoms with Gasteiger partial charge in [-0.1, -0.05) is 30.3 Å². The number of benzene rings is 2. The van der Waals surface area contributed by atoms with E-state index in [0.29, 0.717) is 30.5 Å². The zero-order valence-electron chi connectivity index (χ0n) is 17.0. The molecular weight excluding hydrogens is 396 g/mol. The Hall–Kier alpha value is -3.84. The maximum absolute atomic E-state index is 12.6. The Bertz CT molecular complexity index is 1170. The molecule has 0 radical (unpaired) electrons. The Balaban J connectivity index is 1.37. The van der Waals surface area contributed by atoms with Gasteiger partial charge in [-0.25, -0.2) is 4.98 Å². The molecule has 0 saturated heterocycles. The second kappa shape index (κ2) is 9.77. The number of furan rings is 1. The molecule has 4 aromatic rings. The van der Waals surface area contributed by atoms with Gasteiger partial charge in [-0.15, -0.1) is 0 Å². The summed E-state index contributed by atoms with van der Waals surface area (Å²) in [6.07, 6.45) is 1.59. The van der Waals surface area contributed by atoms with Crippen LogP contribution in [0.5, 0.6) is 11.6 Å². The first kappa shape index (κ1) is 20.4. The van der Waals surface area contributed by atoms with E-state index in [9.17, 15) is 4.79 Å². The Morgan fingerprint density at radius 3 is 2.71 bits per heavy atom. The first-order valence-electron chi connectivity index (χ1n) is 9.81. The Kier molecular flexibility index (Phi) is 6.44. The van der Waals surface area contributed by atoms with Crippen LogP contribution in [0.4, 0.5) is 5.69 Å². The zero-order chi connectivity index (χ0) is 21.5. The van der Waals surface area contributed by atoms with Crippen LogP contribution in [0, 0.1) is 0 Å². The second-order valence-corrected chi connectivity index (χ2v) is 6.72. The third kappa shape index (κ3) is 5.21. The van der Waals surface area contributed by atoms with Crippen LogP contribution in [0.3, 0.4) is 0 Å². The van der Waals surface area contributed by atoms with Crippen molar-refractivity contribution in [3.63, 3.8) is 0 Å². The Labute approximate surface area is 179 Å². The molecule has 7 nitrogen and oxygen atoms in total. The number of carbonyl (C=O) groups excluding carboxylic acids is 1. The number of nitrogens with one attached hydrogen (secondary N) is 1. The van der Waals surface area contributed by atoms with Gasteiger partial charge in [0, 0.05) is 13.3 Å². The molecule has 0 fully saturated rings. The van der Waals surface area contributed by atoms with Gasteiger partial charge in [-0.2, -0.15) is 0 Å². The molecule has 0 aliphatic rings. The third-order valence-corrected chi connectivity index (χ3v) is 4.53. The van der Waals surface area contributed by atoms with Gasteiger partial charge in [0.15, 0.2) is 5.76 Å². The molecule has 1 N–H and O–H groups in total. The highest BCUT2D eigenvalue weighted by Crippen LogP contribution is 2.23. The standard InChI is InChI=1S/C24H22N2O5/c1-28-13-14-29-24-21(7-4-12-25-24)26-23(27)22-11-10-20(31-22)16-30-19-9-8-17-5-2-3-6-18(17)15-19/h2-12,15H,13-14,16H2,1H3,(H,26,27). The summed E-state index contributed by atoms with van der Waals surface area (Å²) < 4.78 is 22.0. The summed E-state index contributed by atoms with van der Waals surface area (Å²) in [5.74, 6) is 1.36. The van der Waals surface area contributed by atoms with Crippen molar-refractivity contribution in [2.24, 2.45) is 0 Å². The lowest BCUT2D eigenvalue weighted by Crippen LogP contribution is -2.14. The van der Waals surface area contributed by atoms with Crippen molar-refractivity contribution < 1.29 is 23.4 Å². The van der Waals surface area contributed by atoms with Crippen LogP contribution in [0.2, 0.25) is 0 Å². The zero-order valence-corrected chi connectivity index (χ0v) is 17.0. The van der Waals surface area contributed by atoms with Crippen LogP contribution in [-0.2, 0) is 11.3 Å². The monoisotopic (exact) mass is 418 g/mol. The molecule has 7 heteroatoms. The summed E-state index contributed by atoms with van der Waals surface area (Å²) in [4.78, 5) is 16.7. The van der Waals surface area contributed by atoms with Gasteiger partial charge >= 0.3 is 0 Å². The summed E-state index contributed by atoms with van der Waals surface area (Å²) in [6.45, 7) is 0.958. The molecule has 0 bridgehead atoms. The van der Waals surface area contributed by atoms with Crippen molar-refractivity contribution in [3.05, 3.63) is 84.4 Å². The van der Waals surface area contributed by atoms with Crippen molar-refractivity contribution in [1.29, 1.82) is 0 Å². The first-order chi connectivity index (χ1) is 15.2.